The predicted molar refractivity (Wildman–Crippen MR) is 129 cm³/mol. The van der Waals surface area contributed by atoms with Gasteiger partial charge in [0.05, 0.1) is 10.9 Å². The Morgan fingerprint density at radius 3 is 0.837 bits per heavy atom. The van der Waals surface area contributed by atoms with Crippen molar-refractivity contribution in [3.8, 4) is 0 Å². The molecule has 0 saturated heterocycles. The van der Waals surface area contributed by atoms with Crippen molar-refractivity contribution in [1.29, 1.82) is 0 Å². The van der Waals surface area contributed by atoms with Crippen molar-refractivity contribution in [3.05, 3.63) is 89.5 Å². The maximum absolute atomic E-state index is 13.3. The monoisotopic (exact) mass is 653 g/mol. The van der Waals surface area contributed by atoms with Gasteiger partial charge in [-0.25, -0.2) is 0 Å². The van der Waals surface area contributed by atoms with Gasteiger partial charge in [-0.1, -0.05) is 36.4 Å². The highest BCUT2D eigenvalue weighted by Crippen LogP contribution is 2.50. The molecule has 0 fully saturated rings. The van der Waals surface area contributed by atoms with Gasteiger partial charge in [0.15, 0.2) is 25.9 Å². The van der Waals surface area contributed by atoms with Gasteiger partial charge in [-0.05, 0) is 61.4 Å². The summed E-state index contributed by atoms with van der Waals surface area (Å²) in [6.07, 6.45) is -22.5. The molecule has 2 atom stereocenters. The first-order valence-corrected chi connectivity index (χ1v) is 13.0. The van der Waals surface area contributed by atoms with Crippen LogP contribution in [-0.4, -0.2) is 40.0 Å². The normalized spacial score (nSPS) is 17.2. The van der Waals surface area contributed by atoms with E-state index in [1.54, 1.807) is 0 Å². The van der Waals surface area contributed by atoms with E-state index >= 15 is 0 Å². The van der Waals surface area contributed by atoms with Crippen molar-refractivity contribution >= 4 is 10.9 Å². The second-order valence-electron chi connectivity index (χ2n) is 9.73. The molecule has 0 radical (unpaired) electrons. The largest absolute Gasteiger partial charge is 0.430 e. The third-order valence-electron chi connectivity index (χ3n) is 6.74. The zero-order chi connectivity index (χ0) is 33.0. The Kier molecular flexibility index (Phi) is 8.75. The number of aliphatic hydroxyl groups is 3. The Hall–Kier alpha value is -2.95. The van der Waals surface area contributed by atoms with E-state index in [-0.39, 0.29) is 14.7 Å². The van der Waals surface area contributed by atoms with E-state index in [0.29, 0.717) is 26.0 Å². The van der Waals surface area contributed by atoms with E-state index in [4.69, 9.17) is 0 Å². The highest BCUT2D eigenvalue weighted by atomic mass is 32.2. The minimum Gasteiger partial charge on any atom is -0.376 e. The first-order valence-electron chi connectivity index (χ1n) is 11.8. The lowest BCUT2D eigenvalue weighted by atomic mass is 9.92. The van der Waals surface area contributed by atoms with Crippen LogP contribution in [0.5, 0.6) is 0 Å². The van der Waals surface area contributed by atoms with Gasteiger partial charge in [-0.15, -0.1) is 0 Å². The van der Waals surface area contributed by atoms with Crippen LogP contribution >= 0.6 is 0 Å². The van der Waals surface area contributed by atoms with Crippen LogP contribution in [0.1, 0.15) is 30.5 Å². The van der Waals surface area contributed by atoms with Crippen LogP contribution in [0.4, 0.5) is 52.7 Å². The van der Waals surface area contributed by atoms with Crippen LogP contribution in [0.15, 0.2) is 87.5 Å². The van der Waals surface area contributed by atoms with Crippen LogP contribution < -0.4 is 0 Å². The van der Waals surface area contributed by atoms with Gasteiger partial charge < -0.3 is 15.3 Å². The molecule has 0 aliphatic rings. The molecular formula is C27H21F12O3S+. The molecule has 3 rings (SSSR count). The zero-order valence-corrected chi connectivity index (χ0v) is 22.5. The molecule has 236 valence electrons. The first-order chi connectivity index (χ1) is 19.3. The SMILES string of the molecule is CC(O)(c1ccc([S+](c2ccc(C(C)(O)C(F)(F)F)cc2)c2ccc(C(O)(C(F)(F)F)C(F)(F)F)cc2)cc1)C(F)(F)F. The van der Waals surface area contributed by atoms with Crippen LogP contribution in [0.3, 0.4) is 0 Å². The Labute approximate surface area is 238 Å². The average molecular weight is 654 g/mol. The topological polar surface area (TPSA) is 60.7 Å². The molecular weight excluding hydrogens is 632 g/mol. The van der Waals surface area contributed by atoms with Crippen molar-refractivity contribution in [2.75, 3.05) is 0 Å². The summed E-state index contributed by atoms with van der Waals surface area (Å²) in [5.74, 6) is 0. The van der Waals surface area contributed by atoms with Crippen molar-refractivity contribution in [2.45, 2.75) is 70.0 Å². The van der Waals surface area contributed by atoms with Gasteiger partial charge in [-0.2, -0.15) is 52.7 Å². The number of alkyl halides is 12. The van der Waals surface area contributed by atoms with Crippen molar-refractivity contribution in [1.82, 2.24) is 0 Å². The Balaban J connectivity index is 2.18. The molecule has 2 unspecified atom stereocenters. The summed E-state index contributed by atoms with van der Waals surface area (Å²) in [5, 5.41) is 29.6. The number of hydrogen-bond acceptors (Lipinski definition) is 3. The number of hydrogen-bond donors (Lipinski definition) is 3. The number of rotatable bonds is 6. The summed E-state index contributed by atoms with van der Waals surface area (Å²) in [4.78, 5) is 0.166. The summed E-state index contributed by atoms with van der Waals surface area (Å²) in [6, 6.07) is 10.2. The summed E-state index contributed by atoms with van der Waals surface area (Å²) >= 11 is 0. The number of benzene rings is 3. The lowest BCUT2D eigenvalue weighted by Gasteiger charge is -2.32. The van der Waals surface area contributed by atoms with Crippen molar-refractivity contribution < 1.29 is 68.0 Å². The Morgan fingerprint density at radius 1 is 0.395 bits per heavy atom. The van der Waals surface area contributed by atoms with Crippen molar-refractivity contribution in [3.63, 3.8) is 0 Å². The molecule has 43 heavy (non-hydrogen) atoms. The van der Waals surface area contributed by atoms with Crippen LogP contribution in [0, 0.1) is 0 Å². The smallest absolute Gasteiger partial charge is 0.376 e. The molecule has 0 bridgehead atoms. The van der Waals surface area contributed by atoms with Gasteiger partial charge in [0, 0.05) is 5.56 Å². The van der Waals surface area contributed by atoms with E-state index in [9.17, 15) is 68.0 Å². The zero-order valence-electron chi connectivity index (χ0n) is 21.7. The fourth-order valence-corrected chi connectivity index (χ4v) is 5.93. The average Bonchev–Trinajstić information content (AvgIpc) is 2.87. The van der Waals surface area contributed by atoms with E-state index in [1.807, 2.05) is 0 Å². The summed E-state index contributed by atoms with van der Waals surface area (Å²) < 4.78 is 160. The maximum atomic E-state index is 13.3. The highest BCUT2D eigenvalue weighted by molar-refractivity contribution is 7.97. The van der Waals surface area contributed by atoms with Gasteiger partial charge in [0.2, 0.25) is 0 Å². The lowest BCUT2D eigenvalue weighted by Crippen LogP contribution is -2.53. The summed E-state index contributed by atoms with van der Waals surface area (Å²) in [6.45, 7) is 0.961. The molecule has 3 N–H and O–H groups in total. The molecule has 3 nitrogen and oxygen atoms in total. The van der Waals surface area contributed by atoms with Gasteiger partial charge in [-0.3, -0.25) is 0 Å². The number of halogens is 12. The van der Waals surface area contributed by atoms with Crippen LogP contribution in [-0.2, 0) is 27.7 Å². The quantitative estimate of drug-likeness (QED) is 0.190. The highest BCUT2D eigenvalue weighted by Gasteiger charge is 2.71. The standard InChI is InChI=1S/C27H21F12O3S/c1-21(40,24(28,29)30)15-3-9-18(10-4-15)43(19-11-5-16(6-12-19)22(2,41)25(31,32)33)20-13-7-17(8-14-20)23(42,26(34,35)36)27(37,38)39/h3-14,40-42H,1-2H3/q+1. The third-order valence-corrected chi connectivity index (χ3v) is 8.97. The molecule has 0 aliphatic heterocycles. The molecule has 3 aromatic rings. The fourth-order valence-electron chi connectivity index (χ4n) is 3.89. The fraction of sp³-hybridized carbons (Fsp3) is 0.333. The molecule has 0 saturated carbocycles. The minimum atomic E-state index is -6.18. The van der Waals surface area contributed by atoms with Gasteiger partial charge in [0.25, 0.3) is 5.60 Å². The van der Waals surface area contributed by atoms with Crippen LogP contribution in [0.25, 0.3) is 0 Å². The van der Waals surface area contributed by atoms with Crippen molar-refractivity contribution in [2.24, 2.45) is 0 Å². The Morgan fingerprint density at radius 2 is 0.628 bits per heavy atom. The lowest BCUT2D eigenvalue weighted by molar-refractivity contribution is -0.376. The molecule has 16 heteroatoms. The second kappa shape index (κ2) is 10.9. The van der Waals surface area contributed by atoms with Gasteiger partial charge >= 0.3 is 24.7 Å². The summed E-state index contributed by atoms with van der Waals surface area (Å²) in [5.41, 5.74) is -14.6. The van der Waals surface area contributed by atoms with E-state index in [1.165, 1.54) is 0 Å². The maximum Gasteiger partial charge on any atom is 0.430 e. The summed E-state index contributed by atoms with van der Waals surface area (Å²) in [7, 11) is -1.57. The third kappa shape index (κ3) is 6.19. The van der Waals surface area contributed by atoms with E-state index in [2.05, 4.69) is 0 Å². The van der Waals surface area contributed by atoms with E-state index in [0.717, 1.165) is 60.7 Å². The van der Waals surface area contributed by atoms with Gasteiger partial charge in [0.1, 0.15) is 0 Å². The minimum absolute atomic E-state index is 0.0406. The molecule has 0 amide bonds. The second-order valence-corrected chi connectivity index (χ2v) is 11.8. The molecule has 0 spiro atoms. The molecule has 0 aromatic heterocycles. The predicted octanol–water partition coefficient (Wildman–Crippen LogP) is 7.63. The van der Waals surface area contributed by atoms with Crippen LogP contribution in [0.2, 0.25) is 0 Å². The molecule has 0 heterocycles. The first kappa shape index (κ1) is 34.5. The Bertz CT molecular complexity index is 1320. The molecule has 0 aliphatic carbocycles. The van der Waals surface area contributed by atoms with E-state index < -0.39 is 69.1 Å². The molecule has 3 aromatic carbocycles.